The Hall–Kier alpha value is -4.52. The van der Waals surface area contributed by atoms with E-state index in [-0.39, 0.29) is 58.2 Å². The number of sulfonamides is 1. The summed E-state index contributed by atoms with van der Waals surface area (Å²) in [7, 11) is -4.52. The molecule has 10 nitrogen and oxygen atoms in total. The van der Waals surface area contributed by atoms with Crippen LogP contribution in [0.15, 0.2) is 54.9 Å². The van der Waals surface area contributed by atoms with Crippen LogP contribution in [0.3, 0.4) is 0 Å². The molecule has 228 valence electrons. The molecule has 0 bridgehead atoms. The lowest BCUT2D eigenvalue weighted by molar-refractivity contribution is 0.254. The van der Waals surface area contributed by atoms with Gasteiger partial charge in [0.2, 0.25) is 27.7 Å². The molecule has 3 heterocycles. The highest BCUT2D eigenvalue weighted by Gasteiger charge is 2.26. The summed E-state index contributed by atoms with van der Waals surface area (Å²) < 4.78 is 91.5. The molecule has 0 amide bonds. The second kappa shape index (κ2) is 13.0. The maximum absolute atomic E-state index is 15.1. The molecule has 3 N–H and O–H groups in total. The number of benzene rings is 2. The zero-order valence-corrected chi connectivity index (χ0v) is 24.1. The minimum atomic E-state index is -4.52. The number of hydrogen-bond donors (Lipinski definition) is 3. The third-order valence-corrected chi connectivity index (χ3v) is 7.90. The maximum atomic E-state index is 15.1. The number of aromatic nitrogens is 3. The lowest BCUT2D eigenvalue weighted by atomic mass is 10.1. The topological polar surface area (TPSA) is 142 Å². The van der Waals surface area contributed by atoms with Crippen LogP contribution in [0.5, 0.6) is 11.6 Å². The van der Waals surface area contributed by atoms with E-state index in [1.54, 1.807) is 10.8 Å². The molecule has 1 fully saturated rings. The van der Waals surface area contributed by atoms with E-state index >= 15 is 13.2 Å². The van der Waals surface area contributed by atoms with E-state index in [4.69, 9.17) is 16.3 Å². The van der Waals surface area contributed by atoms with Crippen molar-refractivity contribution in [3.63, 3.8) is 0 Å². The Morgan fingerprint density at radius 2 is 1.91 bits per heavy atom. The summed E-state index contributed by atoms with van der Waals surface area (Å²) in [5, 5.41) is 15.4. The first-order chi connectivity index (χ1) is 21.0. The SMILES string of the molecule is N#Cc1cc(Cl)ccc1CS(=O)(=O)Nc1c(F)cc(Oc2ncccc2-c2ccnc(N[C@@H]3CNC[C@@H](F)C3)n2)c(F)c1F. The molecule has 16 heteroatoms. The van der Waals surface area contributed by atoms with Crippen LogP contribution in [0.25, 0.3) is 11.3 Å². The van der Waals surface area contributed by atoms with Gasteiger partial charge in [0, 0.05) is 49.0 Å². The molecule has 1 saturated heterocycles. The fourth-order valence-electron chi connectivity index (χ4n) is 4.45. The van der Waals surface area contributed by atoms with Gasteiger partial charge in [0.1, 0.15) is 11.9 Å². The molecule has 44 heavy (non-hydrogen) atoms. The number of rotatable bonds is 9. The van der Waals surface area contributed by atoms with Gasteiger partial charge in [-0.25, -0.2) is 36.5 Å². The quantitative estimate of drug-likeness (QED) is 0.162. The molecule has 0 aliphatic carbocycles. The largest absolute Gasteiger partial charge is 0.435 e. The molecule has 2 atom stereocenters. The van der Waals surface area contributed by atoms with Gasteiger partial charge in [0.25, 0.3) is 0 Å². The number of pyridine rings is 1. The van der Waals surface area contributed by atoms with E-state index in [0.29, 0.717) is 12.6 Å². The van der Waals surface area contributed by atoms with Crippen LogP contribution in [0, 0.1) is 28.8 Å². The third-order valence-electron chi connectivity index (χ3n) is 6.46. The van der Waals surface area contributed by atoms with E-state index in [9.17, 15) is 18.1 Å². The Balaban J connectivity index is 1.38. The van der Waals surface area contributed by atoms with Crippen LogP contribution in [-0.2, 0) is 15.8 Å². The van der Waals surface area contributed by atoms with Gasteiger partial charge < -0.3 is 15.4 Å². The molecule has 4 aromatic rings. The molecular formula is C28H22ClF4N7O3S. The molecule has 2 aromatic carbocycles. The Bertz CT molecular complexity index is 1860. The molecule has 2 aromatic heterocycles. The van der Waals surface area contributed by atoms with E-state index < -0.39 is 50.8 Å². The first-order valence-corrected chi connectivity index (χ1v) is 15.0. The van der Waals surface area contributed by atoms with Crippen molar-refractivity contribution in [3.05, 3.63) is 88.5 Å². The second-order valence-electron chi connectivity index (χ2n) is 9.69. The van der Waals surface area contributed by atoms with E-state index in [1.807, 2.05) is 0 Å². The number of nitrogens with one attached hydrogen (secondary N) is 3. The summed E-state index contributed by atoms with van der Waals surface area (Å²) in [6.45, 7) is 0.756. The van der Waals surface area contributed by atoms with Crippen LogP contribution >= 0.6 is 11.6 Å². The molecule has 5 rings (SSSR count). The average molecular weight is 648 g/mol. The lowest BCUT2D eigenvalue weighted by Gasteiger charge is -2.26. The standard InChI is InChI=1S/C28H22ClF4N7O3S/c29-17-4-3-15(16(8-17)11-34)14-44(41,42)40-26-21(31)10-23(24(32)25(26)33)43-27-20(2-1-6-36-27)22-5-7-37-28(39-22)38-19-9-18(30)12-35-13-19/h1-8,10,18-19,35,40H,9,12-14H2,(H,37,38,39)/t18-,19-/m0/s1. The van der Waals surface area contributed by atoms with Crippen LogP contribution in [0.1, 0.15) is 17.5 Å². The molecule has 0 spiro atoms. The van der Waals surface area contributed by atoms with Gasteiger partial charge in [-0.3, -0.25) is 4.72 Å². The highest BCUT2D eigenvalue weighted by Crippen LogP contribution is 2.36. The van der Waals surface area contributed by atoms with Crippen molar-refractivity contribution in [3.8, 4) is 29.0 Å². The predicted octanol–water partition coefficient (Wildman–Crippen LogP) is 5.33. The van der Waals surface area contributed by atoms with Crippen molar-refractivity contribution >= 4 is 33.3 Å². The smallest absolute Gasteiger partial charge is 0.237 e. The van der Waals surface area contributed by atoms with Gasteiger partial charge in [-0.15, -0.1) is 0 Å². The van der Waals surface area contributed by atoms with Gasteiger partial charge >= 0.3 is 0 Å². The fraction of sp³-hybridized carbons (Fsp3) is 0.214. The summed E-state index contributed by atoms with van der Waals surface area (Å²) in [5.74, 6) is -6.88. The van der Waals surface area contributed by atoms with Gasteiger partial charge in [-0.2, -0.15) is 9.65 Å². The number of nitriles is 1. The molecule has 1 aliphatic rings. The molecule has 0 radical (unpaired) electrons. The van der Waals surface area contributed by atoms with Gasteiger partial charge in [0.15, 0.2) is 17.4 Å². The van der Waals surface area contributed by atoms with Crippen molar-refractivity contribution in [1.29, 1.82) is 5.26 Å². The monoisotopic (exact) mass is 647 g/mol. The number of alkyl halides is 1. The third kappa shape index (κ3) is 7.16. The molecule has 0 unspecified atom stereocenters. The predicted molar refractivity (Wildman–Crippen MR) is 154 cm³/mol. The van der Waals surface area contributed by atoms with Crippen LogP contribution in [0.2, 0.25) is 5.02 Å². The summed E-state index contributed by atoms with van der Waals surface area (Å²) in [6.07, 6.45) is 1.95. The molecule has 0 saturated carbocycles. The average Bonchev–Trinajstić information content (AvgIpc) is 2.99. The summed E-state index contributed by atoms with van der Waals surface area (Å²) in [5.41, 5.74) is -0.850. The Kier molecular flexibility index (Phi) is 9.14. The zero-order valence-electron chi connectivity index (χ0n) is 22.5. The second-order valence-corrected chi connectivity index (χ2v) is 11.8. The van der Waals surface area contributed by atoms with Crippen molar-refractivity contribution in [1.82, 2.24) is 20.3 Å². The number of piperidine rings is 1. The normalized spacial score (nSPS) is 16.6. The summed E-state index contributed by atoms with van der Waals surface area (Å²) in [6, 6.07) is 10.4. The number of hydrogen-bond acceptors (Lipinski definition) is 9. The van der Waals surface area contributed by atoms with Gasteiger partial charge in [-0.1, -0.05) is 17.7 Å². The number of anilines is 2. The van der Waals surface area contributed by atoms with E-state index in [2.05, 4.69) is 25.6 Å². The molecule has 1 aliphatic heterocycles. The Labute approximate surface area is 254 Å². The number of ether oxygens (including phenoxy) is 1. The minimum absolute atomic E-state index is 0.0124. The fourth-order valence-corrected chi connectivity index (χ4v) is 5.85. The lowest BCUT2D eigenvalue weighted by Crippen LogP contribution is -2.44. The Morgan fingerprint density at radius 1 is 1.09 bits per heavy atom. The highest BCUT2D eigenvalue weighted by atomic mass is 35.5. The highest BCUT2D eigenvalue weighted by molar-refractivity contribution is 7.91. The van der Waals surface area contributed by atoms with Gasteiger partial charge in [-0.05, 0) is 35.9 Å². The summed E-state index contributed by atoms with van der Waals surface area (Å²) >= 11 is 5.82. The number of nitrogens with zero attached hydrogens (tertiary/aromatic N) is 4. The molecular weight excluding hydrogens is 626 g/mol. The van der Waals surface area contributed by atoms with Crippen molar-refractivity contribution in [2.75, 3.05) is 23.1 Å². The maximum Gasteiger partial charge on any atom is 0.237 e. The Morgan fingerprint density at radius 3 is 2.68 bits per heavy atom. The van der Waals surface area contributed by atoms with Gasteiger partial charge in [0.05, 0.1) is 28.6 Å². The van der Waals surface area contributed by atoms with Crippen LogP contribution < -0.4 is 20.1 Å². The van der Waals surface area contributed by atoms with Crippen LogP contribution in [0.4, 0.5) is 29.2 Å². The van der Waals surface area contributed by atoms with Crippen molar-refractivity contribution < 1.29 is 30.7 Å². The number of halogens is 5. The van der Waals surface area contributed by atoms with E-state index in [0.717, 1.165) is 0 Å². The minimum Gasteiger partial charge on any atom is -0.435 e. The summed E-state index contributed by atoms with van der Waals surface area (Å²) in [4.78, 5) is 12.6. The zero-order chi connectivity index (χ0) is 31.4. The van der Waals surface area contributed by atoms with E-state index in [1.165, 1.54) is 48.8 Å². The van der Waals surface area contributed by atoms with Crippen LogP contribution in [-0.4, -0.2) is 48.7 Å². The van der Waals surface area contributed by atoms with Crippen molar-refractivity contribution in [2.24, 2.45) is 0 Å². The van der Waals surface area contributed by atoms with Crippen molar-refractivity contribution in [2.45, 2.75) is 24.4 Å². The first-order valence-electron chi connectivity index (χ1n) is 13.0. The first kappa shape index (κ1) is 30.9.